The number of halogens is 2. The van der Waals surface area contributed by atoms with Gasteiger partial charge in [0.25, 0.3) is 0 Å². The van der Waals surface area contributed by atoms with Crippen molar-refractivity contribution in [2.24, 2.45) is 0 Å². The van der Waals surface area contributed by atoms with Crippen molar-refractivity contribution in [3.05, 3.63) is 53.6 Å². The minimum atomic E-state index is -0.630. The Balaban J connectivity index is 2.54. The van der Waals surface area contributed by atoms with E-state index in [1.807, 2.05) is 0 Å². The Hall–Kier alpha value is -1.90. The number of phenols is 1. The van der Waals surface area contributed by atoms with Gasteiger partial charge < -0.3 is 5.11 Å². The van der Waals surface area contributed by atoms with Crippen molar-refractivity contribution in [3.63, 3.8) is 0 Å². The third-order valence-corrected chi connectivity index (χ3v) is 2.41. The lowest BCUT2D eigenvalue weighted by molar-refractivity contribution is 0.471. The summed E-state index contributed by atoms with van der Waals surface area (Å²) in [5, 5.41) is 9.51. The summed E-state index contributed by atoms with van der Waals surface area (Å²) in [6.45, 7) is 1.76. The molecular formula is C13H10F2O. The van der Waals surface area contributed by atoms with Crippen LogP contribution in [-0.2, 0) is 0 Å². The maximum absolute atomic E-state index is 13.0. The van der Waals surface area contributed by atoms with Crippen LogP contribution in [0.5, 0.6) is 5.75 Å². The van der Waals surface area contributed by atoms with Gasteiger partial charge in [0.15, 0.2) is 0 Å². The maximum atomic E-state index is 13.0. The molecule has 3 heteroatoms. The summed E-state index contributed by atoms with van der Waals surface area (Å²) in [7, 11) is 0. The molecule has 82 valence electrons. The minimum Gasteiger partial charge on any atom is -0.508 e. The van der Waals surface area contributed by atoms with Crippen LogP contribution in [0.15, 0.2) is 36.4 Å². The van der Waals surface area contributed by atoms with Gasteiger partial charge in [-0.15, -0.1) is 0 Å². The second-order valence-corrected chi connectivity index (χ2v) is 3.66. The smallest absolute Gasteiger partial charge is 0.126 e. The third-order valence-electron chi connectivity index (χ3n) is 2.41. The zero-order valence-electron chi connectivity index (χ0n) is 8.67. The summed E-state index contributed by atoms with van der Waals surface area (Å²) in [5.41, 5.74) is 1.72. The molecule has 0 amide bonds. The summed E-state index contributed by atoms with van der Waals surface area (Å²) in [6, 6.07) is 8.18. The van der Waals surface area contributed by atoms with E-state index >= 15 is 0 Å². The minimum absolute atomic E-state index is 0.113. The molecule has 0 atom stereocenters. The summed E-state index contributed by atoms with van der Waals surface area (Å²) in [5.74, 6) is -1.15. The van der Waals surface area contributed by atoms with Gasteiger partial charge in [-0.25, -0.2) is 8.78 Å². The van der Waals surface area contributed by atoms with Crippen LogP contribution in [0.4, 0.5) is 8.78 Å². The molecule has 2 aromatic carbocycles. The standard InChI is InChI=1S/C13H10F2O/c1-8-2-3-9(6-13(8)16)10-4-11(14)7-12(15)5-10/h2-7,16H,1H3. The van der Waals surface area contributed by atoms with Crippen molar-refractivity contribution in [2.45, 2.75) is 6.92 Å². The lowest BCUT2D eigenvalue weighted by Crippen LogP contribution is -1.85. The van der Waals surface area contributed by atoms with E-state index in [1.54, 1.807) is 19.1 Å². The first-order valence-electron chi connectivity index (χ1n) is 4.82. The number of phenolic OH excluding ortho intramolecular Hbond substituents is 1. The van der Waals surface area contributed by atoms with Crippen LogP contribution in [0.3, 0.4) is 0 Å². The number of aryl methyl sites for hydroxylation is 1. The van der Waals surface area contributed by atoms with Gasteiger partial charge in [-0.3, -0.25) is 0 Å². The largest absolute Gasteiger partial charge is 0.508 e. The van der Waals surface area contributed by atoms with Crippen molar-refractivity contribution in [3.8, 4) is 16.9 Å². The Kier molecular flexibility index (Phi) is 2.60. The average molecular weight is 220 g/mol. The highest BCUT2D eigenvalue weighted by atomic mass is 19.1. The maximum Gasteiger partial charge on any atom is 0.126 e. The first kappa shape index (κ1) is 10.6. The van der Waals surface area contributed by atoms with Gasteiger partial charge in [0.2, 0.25) is 0 Å². The van der Waals surface area contributed by atoms with E-state index in [0.717, 1.165) is 11.6 Å². The Morgan fingerprint density at radius 1 is 0.875 bits per heavy atom. The number of aromatic hydroxyl groups is 1. The van der Waals surface area contributed by atoms with Gasteiger partial charge in [-0.1, -0.05) is 12.1 Å². The lowest BCUT2D eigenvalue weighted by atomic mass is 10.0. The molecule has 1 nitrogen and oxygen atoms in total. The van der Waals surface area contributed by atoms with E-state index in [0.29, 0.717) is 11.1 Å². The molecule has 16 heavy (non-hydrogen) atoms. The molecule has 2 aromatic rings. The summed E-state index contributed by atoms with van der Waals surface area (Å²) in [4.78, 5) is 0. The van der Waals surface area contributed by atoms with Crippen LogP contribution in [0.1, 0.15) is 5.56 Å². The van der Waals surface area contributed by atoms with Crippen LogP contribution in [0.25, 0.3) is 11.1 Å². The van der Waals surface area contributed by atoms with Crippen LogP contribution in [-0.4, -0.2) is 5.11 Å². The van der Waals surface area contributed by atoms with Crippen molar-refractivity contribution >= 4 is 0 Å². The van der Waals surface area contributed by atoms with E-state index < -0.39 is 11.6 Å². The lowest BCUT2D eigenvalue weighted by Gasteiger charge is -2.05. The second kappa shape index (κ2) is 3.93. The third kappa shape index (κ3) is 2.03. The topological polar surface area (TPSA) is 20.2 Å². The van der Waals surface area contributed by atoms with E-state index in [2.05, 4.69) is 0 Å². The van der Waals surface area contributed by atoms with Crippen LogP contribution in [0, 0.1) is 18.6 Å². The Morgan fingerprint density at radius 3 is 2.06 bits per heavy atom. The monoisotopic (exact) mass is 220 g/mol. The zero-order valence-corrected chi connectivity index (χ0v) is 8.67. The Morgan fingerprint density at radius 2 is 1.50 bits per heavy atom. The highest BCUT2D eigenvalue weighted by Gasteiger charge is 2.05. The van der Waals surface area contributed by atoms with Crippen LogP contribution < -0.4 is 0 Å². The molecule has 0 aliphatic carbocycles. The highest BCUT2D eigenvalue weighted by molar-refractivity contribution is 5.66. The highest BCUT2D eigenvalue weighted by Crippen LogP contribution is 2.27. The van der Waals surface area contributed by atoms with E-state index in [1.165, 1.54) is 18.2 Å². The molecule has 2 rings (SSSR count). The first-order chi connectivity index (χ1) is 7.56. The van der Waals surface area contributed by atoms with Gasteiger partial charge in [-0.05, 0) is 41.8 Å². The van der Waals surface area contributed by atoms with E-state index in [-0.39, 0.29) is 5.75 Å². The van der Waals surface area contributed by atoms with Gasteiger partial charge in [0.1, 0.15) is 17.4 Å². The van der Waals surface area contributed by atoms with Crippen LogP contribution >= 0.6 is 0 Å². The summed E-state index contributed by atoms with van der Waals surface area (Å²) >= 11 is 0. The molecular weight excluding hydrogens is 210 g/mol. The van der Waals surface area contributed by atoms with E-state index in [9.17, 15) is 13.9 Å². The number of hydrogen-bond acceptors (Lipinski definition) is 1. The Bertz CT molecular complexity index is 515. The summed E-state index contributed by atoms with van der Waals surface area (Å²) < 4.78 is 26.0. The Labute approximate surface area is 92.0 Å². The van der Waals surface area contributed by atoms with Crippen molar-refractivity contribution in [1.82, 2.24) is 0 Å². The molecule has 0 fully saturated rings. The van der Waals surface area contributed by atoms with Crippen molar-refractivity contribution in [1.29, 1.82) is 0 Å². The molecule has 0 aromatic heterocycles. The first-order valence-corrected chi connectivity index (χ1v) is 4.82. The van der Waals surface area contributed by atoms with E-state index in [4.69, 9.17) is 0 Å². The fraction of sp³-hybridized carbons (Fsp3) is 0.0769. The molecule has 0 radical (unpaired) electrons. The zero-order chi connectivity index (χ0) is 11.7. The second-order valence-electron chi connectivity index (χ2n) is 3.66. The average Bonchev–Trinajstić information content (AvgIpc) is 2.20. The van der Waals surface area contributed by atoms with Gasteiger partial charge in [-0.2, -0.15) is 0 Å². The molecule has 0 unspecified atom stereocenters. The molecule has 0 saturated heterocycles. The fourth-order valence-corrected chi connectivity index (χ4v) is 1.51. The van der Waals surface area contributed by atoms with Gasteiger partial charge in [0, 0.05) is 6.07 Å². The number of hydrogen-bond donors (Lipinski definition) is 1. The number of rotatable bonds is 1. The molecule has 0 aliphatic heterocycles. The molecule has 0 heterocycles. The predicted octanol–water partition coefficient (Wildman–Crippen LogP) is 3.65. The quantitative estimate of drug-likeness (QED) is 0.777. The summed E-state index contributed by atoms with van der Waals surface area (Å²) in [6.07, 6.45) is 0. The molecule has 0 bridgehead atoms. The molecule has 0 saturated carbocycles. The normalized spacial score (nSPS) is 10.4. The van der Waals surface area contributed by atoms with Crippen LogP contribution in [0.2, 0.25) is 0 Å². The van der Waals surface area contributed by atoms with Crippen molar-refractivity contribution < 1.29 is 13.9 Å². The molecule has 0 aliphatic rings. The fourth-order valence-electron chi connectivity index (χ4n) is 1.51. The van der Waals surface area contributed by atoms with Gasteiger partial charge >= 0.3 is 0 Å². The van der Waals surface area contributed by atoms with Crippen molar-refractivity contribution in [2.75, 3.05) is 0 Å². The van der Waals surface area contributed by atoms with Gasteiger partial charge in [0.05, 0.1) is 0 Å². The SMILES string of the molecule is Cc1ccc(-c2cc(F)cc(F)c2)cc1O. The molecule has 1 N–H and O–H groups in total. The molecule has 0 spiro atoms. The number of benzene rings is 2. The predicted molar refractivity (Wildman–Crippen MR) is 58.2 cm³/mol.